The third kappa shape index (κ3) is 3.80. The first-order chi connectivity index (χ1) is 11.1. The van der Waals surface area contributed by atoms with Crippen molar-refractivity contribution >= 4 is 6.09 Å². The van der Waals surface area contributed by atoms with E-state index in [0.29, 0.717) is 32.5 Å². The Bertz CT molecular complexity index is 717. The van der Waals surface area contributed by atoms with E-state index in [2.05, 4.69) is 0 Å². The van der Waals surface area contributed by atoms with Gasteiger partial charge in [0.1, 0.15) is 18.2 Å². The standard InChI is InChI=1S/C18H18FNO3/c19-16-3-1-2-13(10-16)12-23-17-5-4-14-6-8-20(18(21)22)9-7-15(14)11-17/h1-5,10-11H,6-9,12H2,(H,21,22). The minimum Gasteiger partial charge on any atom is -0.489 e. The van der Waals surface area contributed by atoms with E-state index in [-0.39, 0.29) is 5.82 Å². The lowest BCUT2D eigenvalue weighted by atomic mass is 10.0. The molecule has 0 spiro atoms. The lowest BCUT2D eigenvalue weighted by Crippen LogP contribution is -2.31. The van der Waals surface area contributed by atoms with Crippen LogP contribution in [0.25, 0.3) is 0 Å². The molecule has 0 fully saturated rings. The molecule has 0 unspecified atom stereocenters. The molecule has 1 amide bonds. The molecule has 0 saturated carbocycles. The van der Waals surface area contributed by atoms with Crippen LogP contribution in [0.1, 0.15) is 16.7 Å². The van der Waals surface area contributed by atoms with Crippen molar-refractivity contribution in [1.29, 1.82) is 0 Å². The van der Waals surface area contributed by atoms with E-state index in [9.17, 15) is 9.18 Å². The minimum atomic E-state index is -0.875. The van der Waals surface area contributed by atoms with Crippen molar-refractivity contribution in [1.82, 2.24) is 4.90 Å². The fraction of sp³-hybridized carbons (Fsp3) is 0.278. The van der Waals surface area contributed by atoms with Crippen LogP contribution in [-0.4, -0.2) is 29.2 Å². The quantitative estimate of drug-likeness (QED) is 0.943. The number of hydrogen-bond donors (Lipinski definition) is 1. The molecule has 120 valence electrons. The number of fused-ring (bicyclic) bond motifs is 1. The monoisotopic (exact) mass is 315 g/mol. The maximum absolute atomic E-state index is 13.2. The molecule has 1 N–H and O–H groups in total. The summed E-state index contributed by atoms with van der Waals surface area (Å²) in [5.41, 5.74) is 3.05. The van der Waals surface area contributed by atoms with Gasteiger partial charge in [0, 0.05) is 13.1 Å². The molecule has 0 saturated heterocycles. The van der Waals surface area contributed by atoms with E-state index in [1.54, 1.807) is 6.07 Å². The molecule has 23 heavy (non-hydrogen) atoms. The van der Waals surface area contributed by atoms with Crippen LogP contribution in [0.4, 0.5) is 9.18 Å². The summed E-state index contributed by atoms with van der Waals surface area (Å²) < 4.78 is 18.9. The third-order valence-electron chi connectivity index (χ3n) is 4.04. The highest BCUT2D eigenvalue weighted by Crippen LogP contribution is 2.23. The van der Waals surface area contributed by atoms with Gasteiger partial charge in [0.15, 0.2) is 0 Å². The zero-order valence-electron chi connectivity index (χ0n) is 12.7. The van der Waals surface area contributed by atoms with Crippen LogP contribution in [0.5, 0.6) is 5.75 Å². The van der Waals surface area contributed by atoms with Crippen molar-refractivity contribution in [2.75, 3.05) is 13.1 Å². The fourth-order valence-corrected chi connectivity index (χ4v) is 2.78. The van der Waals surface area contributed by atoms with Crippen molar-refractivity contribution in [2.45, 2.75) is 19.4 Å². The lowest BCUT2D eigenvalue weighted by Gasteiger charge is -2.15. The van der Waals surface area contributed by atoms with Gasteiger partial charge in [0.05, 0.1) is 0 Å². The van der Waals surface area contributed by atoms with Crippen LogP contribution in [0.15, 0.2) is 42.5 Å². The van der Waals surface area contributed by atoms with Gasteiger partial charge in [0.2, 0.25) is 0 Å². The van der Waals surface area contributed by atoms with Crippen LogP contribution in [0.2, 0.25) is 0 Å². The number of rotatable bonds is 3. The first-order valence-corrected chi connectivity index (χ1v) is 7.59. The average molecular weight is 315 g/mol. The summed E-state index contributed by atoms with van der Waals surface area (Å²) in [6.07, 6.45) is 0.519. The molecule has 0 aliphatic carbocycles. The fourth-order valence-electron chi connectivity index (χ4n) is 2.78. The summed E-state index contributed by atoms with van der Waals surface area (Å²) >= 11 is 0. The Hall–Kier alpha value is -2.56. The number of carbonyl (C=O) groups is 1. The molecule has 0 radical (unpaired) electrons. The smallest absolute Gasteiger partial charge is 0.407 e. The van der Waals surface area contributed by atoms with Crippen molar-refractivity contribution in [3.05, 3.63) is 65.0 Å². The number of ether oxygens (including phenoxy) is 1. The van der Waals surface area contributed by atoms with Crippen LogP contribution in [-0.2, 0) is 19.4 Å². The predicted molar refractivity (Wildman–Crippen MR) is 84.2 cm³/mol. The Kier molecular flexibility index (Phi) is 4.46. The zero-order chi connectivity index (χ0) is 16.2. The summed E-state index contributed by atoms with van der Waals surface area (Å²) in [6.45, 7) is 1.32. The van der Waals surface area contributed by atoms with E-state index in [0.717, 1.165) is 22.4 Å². The Labute approximate surface area is 134 Å². The van der Waals surface area contributed by atoms with Crippen LogP contribution in [0.3, 0.4) is 0 Å². The van der Waals surface area contributed by atoms with Gasteiger partial charge >= 0.3 is 6.09 Å². The summed E-state index contributed by atoms with van der Waals surface area (Å²) in [6, 6.07) is 12.2. The largest absolute Gasteiger partial charge is 0.489 e. The van der Waals surface area contributed by atoms with E-state index in [4.69, 9.17) is 9.84 Å². The first kappa shape index (κ1) is 15.3. The number of hydrogen-bond acceptors (Lipinski definition) is 2. The molecule has 0 atom stereocenters. The van der Waals surface area contributed by atoms with Crippen LogP contribution < -0.4 is 4.74 Å². The number of benzene rings is 2. The highest BCUT2D eigenvalue weighted by molar-refractivity contribution is 5.65. The molecule has 5 heteroatoms. The maximum Gasteiger partial charge on any atom is 0.407 e. The Morgan fingerprint density at radius 2 is 1.91 bits per heavy atom. The normalized spacial score (nSPS) is 14.0. The van der Waals surface area contributed by atoms with E-state index >= 15 is 0 Å². The SMILES string of the molecule is O=C(O)N1CCc2ccc(OCc3cccc(F)c3)cc2CC1. The second-order valence-corrected chi connectivity index (χ2v) is 5.62. The molecule has 2 aromatic carbocycles. The number of carboxylic acid groups (broad SMARTS) is 1. The van der Waals surface area contributed by atoms with Gasteiger partial charge in [-0.1, -0.05) is 18.2 Å². The van der Waals surface area contributed by atoms with Crippen molar-refractivity contribution in [2.24, 2.45) is 0 Å². The van der Waals surface area contributed by atoms with E-state index < -0.39 is 6.09 Å². The molecule has 0 bridgehead atoms. The van der Waals surface area contributed by atoms with E-state index in [1.165, 1.54) is 17.0 Å². The molecule has 1 aliphatic heterocycles. The van der Waals surface area contributed by atoms with Gasteiger partial charge in [-0.15, -0.1) is 0 Å². The summed E-state index contributed by atoms with van der Waals surface area (Å²) in [5, 5.41) is 9.10. The topological polar surface area (TPSA) is 49.8 Å². The highest BCUT2D eigenvalue weighted by Gasteiger charge is 2.17. The van der Waals surface area contributed by atoms with Gasteiger partial charge in [0.25, 0.3) is 0 Å². The van der Waals surface area contributed by atoms with Gasteiger partial charge in [-0.3, -0.25) is 0 Å². The Balaban J connectivity index is 1.68. The second-order valence-electron chi connectivity index (χ2n) is 5.62. The Morgan fingerprint density at radius 1 is 1.13 bits per heavy atom. The second kappa shape index (κ2) is 6.69. The third-order valence-corrected chi connectivity index (χ3v) is 4.04. The summed E-state index contributed by atoms with van der Waals surface area (Å²) in [4.78, 5) is 12.5. The van der Waals surface area contributed by atoms with Crippen molar-refractivity contribution in [3.8, 4) is 5.75 Å². The van der Waals surface area contributed by atoms with Crippen molar-refractivity contribution < 1.29 is 19.0 Å². The molecule has 4 nitrogen and oxygen atoms in total. The predicted octanol–water partition coefficient (Wildman–Crippen LogP) is 3.48. The van der Waals surface area contributed by atoms with Crippen LogP contribution >= 0.6 is 0 Å². The van der Waals surface area contributed by atoms with Crippen molar-refractivity contribution in [3.63, 3.8) is 0 Å². The summed E-state index contributed by atoms with van der Waals surface area (Å²) in [7, 11) is 0. The minimum absolute atomic E-state index is 0.276. The molecule has 0 aromatic heterocycles. The first-order valence-electron chi connectivity index (χ1n) is 7.59. The summed E-state index contributed by atoms with van der Waals surface area (Å²) in [5.74, 6) is 0.443. The number of halogens is 1. The van der Waals surface area contributed by atoms with E-state index in [1.807, 2.05) is 24.3 Å². The van der Waals surface area contributed by atoms with Gasteiger partial charge in [-0.25, -0.2) is 9.18 Å². The van der Waals surface area contributed by atoms with Gasteiger partial charge in [-0.05, 0) is 53.8 Å². The maximum atomic E-state index is 13.2. The molecule has 1 aliphatic rings. The lowest BCUT2D eigenvalue weighted by molar-refractivity contribution is 0.147. The number of nitrogens with zero attached hydrogens (tertiary/aromatic N) is 1. The van der Waals surface area contributed by atoms with Gasteiger partial charge < -0.3 is 14.7 Å². The van der Waals surface area contributed by atoms with Crippen LogP contribution in [0, 0.1) is 5.82 Å². The zero-order valence-corrected chi connectivity index (χ0v) is 12.7. The molecular weight excluding hydrogens is 297 g/mol. The Morgan fingerprint density at radius 3 is 2.65 bits per heavy atom. The average Bonchev–Trinajstić information content (AvgIpc) is 2.75. The van der Waals surface area contributed by atoms with Gasteiger partial charge in [-0.2, -0.15) is 0 Å². The number of amides is 1. The molecular formula is C18H18FNO3. The highest BCUT2D eigenvalue weighted by atomic mass is 19.1. The molecule has 2 aromatic rings. The molecule has 3 rings (SSSR count). The molecule has 1 heterocycles.